The highest BCUT2D eigenvalue weighted by atomic mass is 16.5. The van der Waals surface area contributed by atoms with Gasteiger partial charge in [0.05, 0.1) is 25.5 Å². The Morgan fingerprint density at radius 1 is 0.706 bits per heavy atom. The maximum Gasteiger partial charge on any atom is 0.282 e. The number of methoxy groups -OCH3 is 2. The molecule has 0 saturated heterocycles. The van der Waals surface area contributed by atoms with Crippen LogP contribution in [0.1, 0.15) is 5.56 Å². The van der Waals surface area contributed by atoms with E-state index < -0.39 is 5.91 Å². The smallest absolute Gasteiger partial charge is 0.282 e. The third kappa shape index (κ3) is 3.55. The second kappa shape index (κ2) is 8.75. The van der Waals surface area contributed by atoms with Gasteiger partial charge in [0.15, 0.2) is 11.5 Å². The van der Waals surface area contributed by atoms with Crippen molar-refractivity contribution in [2.24, 2.45) is 0 Å². The summed E-state index contributed by atoms with van der Waals surface area (Å²) in [5.74, 6) is 0.277. The lowest BCUT2D eigenvalue weighted by Gasteiger charge is -2.18. The molecule has 1 heterocycles. The Labute approximate surface area is 197 Å². The molecule has 168 valence electrons. The van der Waals surface area contributed by atoms with Crippen molar-refractivity contribution in [1.29, 1.82) is 0 Å². The van der Waals surface area contributed by atoms with Crippen molar-refractivity contribution in [2.75, 3.05) is 24.4 Å². The second-order valence-electron chi connectivity index (χ2n) is 7.75. The summed E-state index contributed by atoms with van der Waals surface area (Å²) in [6.45, 7) is 0. The average molecular weight is 450 g/mol. The van der Waals surface area contributed by atoms with Gasteiger partial charge >= 0.3 is 0 Å². The summed E-state index contributed by atoms with van der Waals surface area (Å²) in [6.07, 6.45) is 0. The number of benzene rings is 4. The molecule has 4 aromatic rings. The molecule has 1 N–H and O–H groups in total. The molecular formula is C28H22N2O4. The number of carbonyl (C=O) groups is 2. The van der Waals surface area contributed by atoms with Crippen LogP contribution in [0.5, 0.6) is 11.5 Å². The van der Waals surface area contributed by atoms with Gasteiger partial charge in [0.1, 0.15) is 5.70 Å². The molecule has 0 atom stereocenters. The fraction of sp³-hybridized carbons (Fsp3) is 0.0714. The largest absolute Gasteiger partial charge is 0.493 e. The lowest BCUT2D eigenvalue weighted by atomic mass is 10.0. The third-order valence-electron chi connectivity index (χ3n) is 5.81. The van der Waals surface area contributed by atoms with Crippen molar-refractivity contribution >= 4 is 39.5 Å². The maximum absolute atomic E-state index is 13.8. The second-order valence-corrected chi connectivity index (χ2v) is 7.75. The van der Waals surface area contributed by atoms with E-state index in [2.05, 4.69) is 5.32 Å². The summed E-state index contributed by atoms with van der Waals surface area (Å²) in [6, 6.07) is 27.7. The monoisotopic (exact) mass is 450 g/mol. The summed E-state index contributed by atoms with van der Waals surface area (Å²) in [5, 5.41) is 4.95. The minimum atomic E-state index is -0.421. The standard InChI is InChI=1S/C28H22N2O4/c1-33-23-16-15-20(17-24(23)34-2)29-26-25(19-10-4-3-5-11-19)27(31)30(28(26)32)22-14-8-12-18-9-6-7-13-21(18)22/h3-17,29H,1-2H3. The Kier molecular flexibility index (Phi) is 5.47. The summed E-state index contributed by atoms with van der Waals surface area (Å²) >= 11 is 0. The van der Waals surface area contributed by atoms with Gasteiger partial charge in [-0.25, -0.2) is 4.90 Å². The Morgan fingerprint density at radius 2 is 1.41 bits per heavy atom. The van der Waals surface area contributed by atoms with E-state index in [1.54, 1.807) is 38.5 Å². The SMILES string of the molecule is COc1ccc(NC2=C(c3ccccc3)C(=O)N(c3cccc4ccccc34)C2=O)cc1OC. The van der Waals surface area contributed by atoms with Crippen molar-refractivity contribution < 1.29 is 19.1 Å². The van der Waals surface area contributed by atoms with E-state index in [0.29, 0.717) is 34.0 Å². The van der Waals surface area contributed by atoms with Gasteiger partial charge in [-0.3, -0.25) is 9.59 Å². The quantitative estimate of drug-likeness (QED) is 0.406. The first-order valence-corrected chi connectivity index (χ1v) is 10.8. The number of rotatable bonds is 6. The molecule has 0 spiro atoms. The van der Waals surface area contributed by atoms with E-state index in [1.165, 1.54) is 4.90 Å². The number of imide groups is 1. The van der Waals surface area contributed by atoms with Crippen LogP contribution in [0.4, 0.5) is 11.4 Å². The van der Waals surface area contributed by atoms with Crippen molar-refractivity contribution in [2.45, 2.75) is 0 Å². The van der Waals surface area contributed by atoms with E-state index in [0.717, 1.165) is 10.8 Å². The van der Waals surface area contributed by atoms with Crippen LogP contribution < -0.4 is 19.7 Å². The van der Waals surface area contributed by atoms with Gasteiger partial charge < -0.3 is 14.8 Å². The molecule has 2 amide bonds. The summed E-state index contributed by atoms with van der Waals surface area (Å²) in [7, 11) is 3.10. The summed E-state index contributed by atoms with van der Waals surface area (Å²) in [4.78, 5) is 28.7. The molecule has 0 fully saturated rings. The lowest BCUT2D eigenvalue weighted by molar-refractivity contribution is -0.120. The van der Waals surface area contributed by atoms with Gasteiger partial charge in [0, 0.05) is 17.1 Å². The molecule has 0 aliphatic carbocycles. The van der Waals surface area contributed by atoms with Gasteiger partial charge in [-0.15, -0.1) is 0 Å². The number of fused-ring (bicyclic) bond motifs is 1. The Hall–Kier alpha value is -4.58. The van der Waals surface area contributed by atoms with Crippen LogP contribution in [0, 0.1) is 0 Å². The molecular weight excluding hydrogens is 428 g/mol. The first-order chi connectivity index (χ1) is 16.6. The van der Waals surface area contributed by atoms with Crippen molar-refractivity contribution in [3.8, 4) is 11.5 Å². The Morgan fingerprint density at radius 3 is 2.18 bits per heavy atom. The van der Waals surface area contributed by atoms with Gasteiger partial charge in [-0.05, 0) is 29.1 Å². The maximum atomic E-state index is 13.8. The molecule has 0 unspecified atom stereocenters. The number of nitrogens with one attached hydrogen (secondary N) is 1. The van der Waals surface area contributed by atoms with E-state index >= 15 is 0 Å². The van der Waals surface area contributed by atoms with Crippen LogP contribution in [0.15, 0.2) is 96.7 Å². The molecule has 4 aromatic carbocycles. The molecule has 6 nitrogen and oxygen atoms in total. The van der Waals surface area contributed by atoms with Crippen LogP contribution in [0.3, 0.4) is 0 Å². The molecule has 0 radical (unpaired) electrons. The molecule has 0 aromatic heterocycles. The topological polar surface area (TPSA) is 67.9 Å². The van der Waals surface area contributed by atoms with E-state index in [-0.39, 0.29) is 11.6 Å². The minimum Gasteiger partial charge on any atom is -0.493 e. The molecule has 6 heteroatoms. The zero-order valence-electron chi connectivity index (χ0n) is 18.7. The summed E-state index contributed by atoms with van der Waals surface area (Å²) in [5.41, 5.74) is 2.32. The Balaban J connectivity index is 1.64. The van der Waals surface area contributed by atoms with Crippen LogP contribution in [-0.4, -0.2) is 26.0 Å². The van der Waals surface area contributed by atoms with Crippen LogP contribution in [0.2, 0.25) is 0 Å². The number of anilines is 2. The van der Waals surface area contributed by atoms with E-state index in [9.17, 15) is 9.59 Å². The number of hydrogen-bond donors (Lipinski definition) is 1. The zero-order chi connectivity index (χ0) is 23.7. The number of amides is 2. The van der Waals surface area contributed by atoms with Crippen molar-refractivity contribution in [1.82, 2.24) is 0 Å². The zero-order valence-corrected chi connectivity index (χ0v) is 18.7. The van der Waals surface area contributed by atoms with Crippen molar-refractivity contribution in [3.63, 3.8) is 0 Å². The highest BCUT2D eigenvalue weighted by molar-refractivity contribution is 6.47. The molecule has 1 aliphatic rings. The van der Waals surface area contributed by atoms with Gasteiger partial charge in [0.2, 0.25) is 0 Å². The fourth-order valence-electron chi connectivity index (χ4n) is 4.20. The molecule has 1 aliphatic heterocycles. The number of hydrogen-bond acceptors (Lipinski definition) is 5. The number of nitrogens with zero attached hydrogens (tertiary/aromatic N) is 1. The van der Waals surface area contributed by atoms with Crippen LogP contribution >= 0.6 is 0 Å². The molecule has 34 heavy (non-hydrogen) atoms. The highest BCUT2D eigenvalue weighted by Gasteiger charge is 2.40. The molecule has 0 saturated carbocycles. The van der Waals surface area contributed by atoms with E-state index in [1.807, 2.05) is 66.7 Å². The number of carbonyl (C=O) groups excluding carboxylic acids is 2. The van der Waals surface area contributed by atoms with Crippen LogP contribution in [0.25, 0.3) is 16.3 Å². The average Bonchev–Trinajstić information content (AvgIpc) is 3.12. The third-order valence-corrected chi connectivity index (χ3v) is 5.81. The first kappa shape index (κ1) is 21.3. The first-order valence-electron chi connectivity index (χ1n) is 10.8. The van der Waals surface area contributed by atoms with Gasteiger partial charge in [-0.1, -0.05) is 66.7 Å². The fourth-order valence-corrected chi connectivity index (χ4v) is 4.20. The molecule has 5 rings (SSSR count). The summed E-state index contributed by atoms with van der Waals surface area (Å²) < 4.78 is 10.7. The number of ether oxygens (including phenoxy) is 2. The minimum absolute atomic E-state index is 0.205. The van der Waals surface area contributed by atoms with Gasteiger partial charge in [-0.2, -0.15) is 0 Å². The predicted molar refractivity (Wildman–Crippen MR) is 133 cm³/mol. The van der Waals surface area contributed by atoms with Crippen LogP contribution in [-0.2, 0) is 9.59 Å². The predicted octanol–water partition coefficient (Wildman–Crippen LogP) is 5.25. The highest BCUT2D eigenvalue weighted by Crippen LogP contribution is 2.38. The van der Waals surface area contributed by atoms with Gasteiger partial charge in [0.25, 0.3) is 11.8 Å². The van der Waals surface area contributed by atoms with Crippen molar-refractivity contribution in [3.05, 3.63) is 102 Å². The van der Waals surface area contributed by atoms with E-state index in [4.69, 9.17) is 9.47 Å². The molecule has 0 bridgehead atoms. The lowest BCUT2D eigenvalue weighted by Crippen LogP contribution is -2.32. The normalized spacial score (nSPS) is 13.5. The Bertz CT molecular complexity index is 1440.